The number of anilines is 1. The number of benzene rings is 1. The van der Waals surface area contributed by atoms with E-state index in [-0.39, 0.29) is 24.7 Å². The van der Waals surface area contributed by atoms with Crippen molar-refractivity contribution < 1.29 is 43.2 Å². The first-order valence-corrected chi connectivity index (χ1v) is 18.0. The fourth-order valence-corrected chi connectivity index (χ4v) is 6.44. The lowest BCUT2D eigenvalue weighted by Gasteiger charge is -2.39. The molecule has 1 saturated heterocycles. The number of ether oxygens (including phenoxy) is 4. The molecule has 2 aliphatic heterocycles. The van der Waals surface area contributed by atoms with Gasteiger partial charge in [-0.3, -0.25) is 9.59 Å². The Morgan fingerprint density at radius 3 is 2.55 bits per heavy atom. The number of nitrogens with one attached hydrogen (secondary N) is 1. The lowest BCUT2D eigenvalue weighted by molar-refractivity contribution is -0.164. The molecule has 3 amide bonds. The van der Waals surface area contributed by atoms with Crippen molar-refractivity contribution in [3.63, 3.8) is 0 Å². The van der Waals surface area contributed by atoms with Gasteiger partial charge in [-0.2, -0.15) is 11.8 Å². The third kappa shape index (κ3) is 10.7. The number of alkyl carbamates (subject to hydrolysis) is 1. The second-order valence-electron chi connectivity index (χ2n) is 13.0. The molecule has 13 heteroatoms. The quantitative estimate of drug-likeness (QED) is 0.380. The number of esters is 1. The van der Waals surface area contributed by atoms with Gasteiger partial charge < -0.3 is 39.2 Å². The molecule has 0 aromatic heterocycles. The summed E-state index contributed by atoms with van der Waals surface area (Å²) in [6.45, 7) is 7.03. The molecule has 0 radical (unpaired) electrons. The minimum atomic E-state index is -1.14. The molecule has 0 spiro atoms. The van der Waals surface area contributed by atoms with Gasteiger partial charge in [-0.1, -0.05) is 37.6 Å². The number of amides is 3. The van der Waals surface area contributed by atoms with Crippen LogP contribution in [0.4, 0.5) is 10.5 Å². The Morgan fingerprint density at radius 2 is 1.90 bits per heavy atom. The number of thioether (sulfide) groups is 1. The molecule has 0 saturated carbocycles. The number of fused-ring (bicyclic) bond motifs is 4. The van der Waals surface area contributed by atoms with Gasteiger partial charge in [-0.15, -0.1) is 0 Å². The van der Waals surface area contributed by atoms with Gasteiger partial charge in [0.25, 0.3) is 0 Å². The summed E-state index contributed by atoms with van der Waals surface area (Å²) in [6, 6.07) is 4.21. The Labute approximate surface area is 294 Å². The van der Waals surface area contributed by atoms with Crippen molar-refractivity contribution in [1.82, 2.24) is 10.2 Å². The minimum Gasteiger partial charge on any atom is -0.497 e. The van der Waals surface area contributed by atoms with E-state index in [1.54, 1.807) is 55.2 Å². The Morgan fingerprint density at radius 1 is 1.18 bits per heavy atom. The van der Waals surface area contributed by atoms with Crippen LogP contribution >= 0.6 is 11.8 Å². The van der Waals surface area contributed by atoms with Gasteiger partial charge in [0.15, 0.2) is 0 Å². The van der Waals surface area contributed by atoms with E-state index in [1.165, 1.54) is 21.6 Å². The number of carbonyl (C=O) groups excluding carboxylic acids is 4. The second-order valence-corrected chi connectivity index (χ2v) is 14.0. The van der Waals surface area contributed by atoms with Crippen LogP contribution in [0.5, 0.6) is 5.75 Å². The molecule has 272 valence electrons. The second kappa shape index (κ2) is 18.4. The summed E-state index contributed by atoms with van der Waals surface area (Å²) < 4.78 is 22.9. The van der Waals surface area contributed by atoms with Crippen molar-refractivity contribution in [3.8, 4) is 5.75 Å². The van der Waals surface area contributed by atoms with Crippen molar-refractivity contribution in [2.24, 2.45) is 11.8 Å². The standard InChI is InChI=1S/C36H53N3O9S/c1-21-11-10-12-29(46-8)28-19-30(48-36(44)37-28)22(2)34(42)23(3)31(47-35(43)24(4)38(5)32(40)13-14-49-9)20-33(41)39(6)26-16-25(15-21)17-27(18-26)45-7/h10-12,16-18,22-24,28-31,34,42H,13-15,19-20H2,1-9H3,(H,37,44)/b12-10+,21-11+/t22-,23?,24+,28?,29-,30?,31+,34?/m1/s1. The molecule has 4 bridgehead atoms. The molecule has 2 N–H and O–H groups in total. The maximum Gasteiger partial charge on any atom is 0.407 e. The number of allylic oxidation sites excluding steroid dienone is 3. The summed E-state index contributed by atoms with van der Waals surface area (Å²) >= 11 is 1.53. The largest absolute Gasteiger partial charge is 0.497 e. The maximum absolute atomic E-state index is 13.9. The van der Waals surface area contributed by atoms with Crippen LogP contribution in [0, 0.1) is 11.8 Å². The summed E-state index contributed by atoms with van der Waals surface area (Å²) in [5, 5.41) is 14.5. The number of carbonyl (C=O) groups is 4. The molecule has 1 aromatic carbocycles. The number of hydrogen-bond acceptors (Lipinski definition) is 10. The fraction of sp³-hybridized carbons (Fsp3) is 0.611. The Hall–Kier alpha value is -3.55. The van der Waals surface area contributed by atoms with E-state index < -0.39 is 60.4 Å². The van der Waals surface area contributed by atoms with Gasteiger partial charge in [0.1, 0.15) is 24.0 Å². The first kappa shape index (κ1) is 39.9. The topological polar surface area (TPSA) is 144 Å². The molecular weight excluding hydrogens is 650 g/mol. The van der Waals surface area contributed by atoms with Crippen molar-refractivity contribution in [1.29, 1.82) is 0 Å². The lowest BCUT2D eigenvalue weighted by atomic mass is 9.82. The summed E-state index contributed by atoms with van der Waals surface area (Å²) in [4.78, 5) is 55.6. The van der Waals surface area contributed by atoms with Gasteiger partial charge >= 0.3 is 12.1 Å². The van der Waals surface area contributed by atoms with Crippen molar-refractivity contribution in [2.75, 3.05) is 45.2 Å². The third-order valence-corrected chi connectivity index (χ3v) is 10.2. The van der Waals surface area contributed by atoms with Gasteiger partial charge in [0.2, 0.25) is 11.8 Å². The van der Waals surface area contributed by atoms with E-state index in [9.17, 15) is 24.3 Å². The minimum absolute atomic E-state index is 0.206. The number of hydrogen-bond donors (Lipinski definition) is 2. The van der Waals surface area contributed by atoms with Crippen LogP contribution in [0.3, 0.4) is 0 Å². The smallest absolute Gasteiger partial charge is 0.407 e. The molecule has 3 rings (SSSR count). The molecule has 12 nitrogen and oxygen atoms in total. The van der Waals surface area contributed by atoms with Crippen LogP contribution in [0.25, 0.3) is 0 Å². The number of aliphatic hydroxyl groups is 1. The zero-order valence-electron chi connectivity index (χ0n) is 30.1. The molecule has 8 atom stereocenters. The number of rotatable bonds is 8. The highest BCUT2D eigenvalue weighted by atomic mass is 32.2. The van der Waals surface area contributed by atoms with Crippen molar-refractivity contribution >= 4 is 41.3 Å². The number of aliphatic hydroxyl groups excluding tert-OH is 1. The Bertz CT molecular complexity index is 1390. The van der Waals surface area contributed by atoms with Crippen LogP contribution in [-0.2, 0) is 35.0 Å². The highest BCUT2D eigenvalue weighted by molar-refractivity contribution is 7.98. The van der Waals surface area contributed by atoms with Crippen molar-refractivity contribution in [2.45, 2.75) is 89.9 Å². The average Bonchev–Trinajstić information content (AvgIpc) is 3.08. The van der Waals surface area contributed by atoms with Gasteiger partial charge in [-0.25, -0.2) is 9.59 Å². The molecule has 2 aliphatic rings. The van der Waals surface area contributed by atoms with E-state index >= 15 is 0 Å². The van der Waals surface area contributed by atoms with E-state index in [0.29, 0.717) is 30.0 Å². The fourth-order valence-electron chi connectivity index (χ4n) is 6.06. The SMILES string of the molecule is COc1cc2cc(c1)N(C)C(=O)C[C@H](OC(=O)[C@H](C)N(C)C(=O)CCSC)C(C)C(O)[C@H](C)C1CC(NC(=O)O1)[C@H](OC)/C=C/C=C(\C)C2. The summed E-state index contributed by atoms with van der Waals surface area (Å²) in [6.07, 6.45) is 4.56. The highest BCUT2D eigenvalue weighted by Gasteiger charge is 2.42. The molecular formula is C36H53N3O9S. The first-order chi connectivity index (χ1) is 23.2. The summed E-state index contributed by atoms with van der Waals surface area (Å²) in [7, 11) is 6.31. The monoisotopic (exact) mass is 703 g/mol. The Balaban J connectivity index is 2.04. The maximum atomic E-state index is 13.9. The highest BCUT2D eigenvalue weighted by Crippen LogP contribution is 2.31. The molecule has 1 fully saturated rings. The van der Waals surface area contributed by atoms with Crippen LogP contribution < -0.4 is 15.0 Å². The van der Waals surface area contributed by atoms with E-state index in [1.807, 2.05) is 43.5 Å². The predicted octanol–water partition coefficient (Wildman–Crippen LogP) is 4.13. The van der Waals surface area contributed by atoms with E-state index in [2.05, 4.69) is 5.32 Å². The zero-order valence-corrected chi connectivity index (χ0v) is 31.0. The van der Waals surface area contributed by atoms with Gasteiger partial charge in [0, 0.05) is 63.4 Å². The normalized spacial score (nSPS) is 29.1. The first-order valence-electron chi connectivity index (χ1n) is 16.6. The summed E-state index contributed by atoms with van der Waals surface area (Å²) in [5.41, 5.74) is 2.54. The van der Waals surface area contributed by atoms with Gasteiger partial charge in [0.05, 0.1) is 31.8 Å². The van der Waals surface area contributed by atoms with Crippen LogP contribution in [0.2, 0.25) is 0 Å². The third-order valence-electron chi connectivity index (χ3n) is 9.56. The lowest BCUT2D eigenvalue weighted by Crippen LogP contribution is -2.54. The van der Waals surface area contributed by atoms with Crippen LogP contribution in [0.1, 0.15) is 52.5 Å². The molecule has 2 heterocycles. The predicted molar refractivity (Wildman–Crippen MR) is 190 cm³/mol. The van der Waals surface area contributed by atoms with E-state index in [4.69, 9.17) is 18.9 Å². The number of nitrogens with zero attached hydrogens (tertiary/aromatic N) is 2. The van der Waals surface area contributed by atoms with E-state index in [0.717, 1.165) is 11.1 Å². The molecule has 4 unspecified atom stereocenters. The van der Waals surface area contributed by atoms with Crippen molar-refractivity contribution in [3.05, 3.63) is 47.6 Å². The Kier molecular flexibility index (Phi) is 15.0. The number of methoxy groups -OCH3 is 2. The van der Waals surface area contributed by atoms with Crippen LogP contribution in [-0.4, -0.2) is 111 Å². The summed E-state index contributed by atoms with van der Waals surface area (Å²) in [5.74, 6) is -1.43. The number of likely N-dealkylation sites (N-methyl/N-ethyl adjacent to an activating group) is 1. The molecule has 1 aromatic rings. The van der Waals surface area contributed by atoms with Gasteiger partial charge in [-0.05, 0) is 44.2 Å². The zero-order chi connectivity index (χ0) is 36.4. The average molecular weight is 704 g/mol. The molecule has 49 heavy (non-hydrogen) atoms. The molecule has 0 aliphatic carbocycles. The van der Waals surface area contributed by atoms with Crippen LogP contribution in [0.15, 0.2) is 42.0 Å².